The molecular weight excluding hydrogens is 448 g/mol. The Morgan fingerprint density at radius 2 is 1.56 bits per heavy atom. The number of allylic oxidation sites excluding steroid dienone is 4. The Hall–Kier alpha value is -3.06. The molecule has 5 heterocycles. The molecule has 8 bridgehead atoms. The predicted octanol–water partition coefficient (Wildman–Crippen LogP) is 2.83. The highest BCUT2D eigenvalue weighted by atomic mass is 16.3. The van der Waals surface area contributed by atoms with E-state index in [1.54, 1.807) is 19.9 Å². The average Bonchev–Trinajstić information content (AvgIpc) is 3.57. The minimum Gasteiger partial charge on any atom is -0.393 e. The van der Waals surface area contributed by atoms with Crippen molar-refractivity contribution in [1.82, 2.24) is 10.3 Å². The lowest BCUT2D eigenvalue weighted by atomic mass is 9.80. The quantitative estimate of drug-likeness (QED) is 0.466. The third kappa shape index (κ3) is 5.21. The molecule has 6 unspecified atom stereocenters. The van der Waals surface area contributed by atoms with Crippen molar-refractivity contribution in [2.75, 3.05) is 0 Å². The zero-order chi connectivity index (χ0) is 27.2. The monoisotopic (exact) mass is 486 g/mol. The van der Waals surface area contributed by atoms with Crippen molar-refractivity contribution in [2.45, 2.75) is 64.3 Å². The normalized spacial score (nSPS) is 30.8. The van der Waals surface area contributed by atoms with Gasteiger partial charge in [0, 0.05) is 10.7 Å². The Morgan fingerprint density at radius 1 is 0.944 bits per heavy atom. The van der Waals surface area contributed by atoms with Gasteiger partial charge in [0.05, 0.1) is 49.3 Å². The molecule has 0 radical (unpaired) electrons. The number of aromatic nitrogens is 1. The topological polar surface area (TPSA) is 93.0 Å². The van der Waals surface area contributed by atoms with Crippen molar-refractivity contribution < 1.29 is 13.0 Å². The number of aliphatic imine (C=N–C) groups is 2. The summed E-state index contributed by atoms with van der Waals surface area (Å²) >= 11 is 0. The van der Waals surface area contributed by atoms with E-state index in [-0.39, 0.29) is 17.9 Å². The fraction of sp³-hybridized carbons (Fsp3) is 0.400. The first-order chi connectivity index (χ1) is 18.0. The van der Waals surface area contributed by atoms with E-state index in [1.807, 2.05) is 68.5 Å². The summed E-state index contributed by atoms with van der Waals surface area (Å²) in [5.74, 6) is -0.468. The van der Waals surface area contributed by atoms with E-state index in [9.17, 15) is 13.0 Å². The first-order valence-electron chi connectivity index (χ1n) is 13.7. The number of aliphatic hydroxyl groups is 2. The second-order valence-corrected chi connectivity index (χ2v) is 10.5. The van der Waals surface area contributed by atoms with Crippen LogP contribution in [-0.2, 0) is 0 Å². The van der Waals surface area contributed by atoms with Crippen molar-refractivity contribution in [2.24, 2.45) is 21.8 Å². The minimum absolute atomic E-state index is 0.227. The molecule has 4 aliphatic heterocycles. The van der Waals surface area contributed by atoms with E-state index < -0.39 is 23.8 Å². The number of nitrogens with one attached hydrogen (secondary N) is 2. The molecule has 0 saturated carbocycles. The molecule has 188 valence electrons. The van der Waals surface area contributed by atoms with Gasteiger partial charge in [-0.3, -0.25) is 5.32 Å². The highest BCUT2D eigenvalue weighted by Gasteiger charge is 2.42. The van der Waals surface area contributed by atoms with Gasteiger partial charge < -0.3 is 15.2 Å². The van der Waals surface area contributed by atoms with Crippen LogP contribution in [0.25, 0.3) is 12.2 Å². The van der Waals surface area contributed by atoms with Crippen molar-refractivity contribution in [3.05, 3.63) is 82.3 Å². The van der Waals surface area contributed by atoms with Crippen LogP contribution in [0.1, 0.15) is 43.3 Å². The molecule has 36 heavy (non-hydrogen) atoms. The third-order valence-corrected chi connectivity index (χ3v) is 7.00. The maximum Gasteiger partial charge on any atom is 0.0658 e. The Kier molecular flexibility index (Phi) is 6.01. The molecule has 4 aliphatic rings. The smallest absolute Gasteiger partial charge is 0.0658 e. The number of fused-ring (bicyclic) bond motifs is 6. The summed E-state index contributed by atoms with van der Waals surface area (Å²) in [6, 6.07) is 2.82. The van der Waals surface area contributed by atoms with Gasteiger partial charge in [0.25, 0.3) is 0 Å². The van der Waals surface area contributed by atoms with Gasteiger partial charge in [0.15, 0.2) is 0 Å². The van der Waals surface area contributed by atoms with Crippen molar-refractivity contribution in [3.63, 3.8) is 0 Å². The molecule has 5 rings (SSSR count). The summed E-state index contributed by atoms with van der Waals surface area (Å²) in [5.41, 5.74) is 2.40. The zero-order valence-electron chi connectivity index (χ0n) is 23.3. The van der Waals surface area contributed by atoms with Gasteiger partial charge in [-0.25, -0.2) is 9.98 Å². The van der Waals surface area contributed by atoms with Gasteiger partial charge >= 0.3 is 0 Å². The Morgan fingerprint density at radius 3 is 2.19 bits per heavy atom. The van der Waals surface area contributed by atoms with Crippen LogP contribution < -0.4 is 16.0 Å². The summed E-state index contributed by atoms with van der Waals surface area (Å²) in [5, 5.41) is 25.9. The van der Waals surface area contributed by atoms with Crippen LogP contribution in [0.4, 0.5) is 0 Å². The third-order valence-electron chi connectivity index (χ3n) is 7.00. The number of hydrogen-bond donors (Lipinski definition) is 4. The number of aliphatic hydroxyl groups excluding tert-OH is 2. The molecule has 0 amide bonds. The first-order valence-corrected chi connectivity index (χ1v) is 12.7. The molecule has 0 spiro atoms. The lowest BCUT2D eigenvalue weighted by Crippen LogP contribution is -2.48. The standard InChI is InChI=1S/C30H36N4O2/c1-18(11-20(3)35)28-17-30(19(2)12-21(4)36)16-27-10-9-25(33-27)14-23-6-5-22(31-23)13-24-7-8-26(32-24)15-29(28)34-30/h5-10,13-21,29,31,34-36H,11-12H2,1-4H3/i17D,29D. The molecule has 6 nitrogen and oxygen atoms in total. The van der Waals surface area contributed by atoms with Crippen LogP contribution >= 0.6 is 0 Å². The lowest BCUT2D eigenvalue weighted by molar-refractivity contribution is 0.147. The van der Waals surface area contributed by atoms with E-state index in [2.05, 4.69) is 10.3 Å². The van der Waals surface area contributed by atoms with Gasteiger partial charge in [-0.05, 0) is 105 Å². The van der Waals surface area contributed by atoms with Crippen molar-refractivity contribution in [1.29, 1.82) is 0 Å². The van der Waals surface area contributed by atoms with Gasteiger partial charge in [-0.15, -0.1) is 0 Å². The number of rotatable bonds is 6. The minimum atomic E-state index is -1.45. The SMILES string of the molecule is [2H]C1=C(C(C)CC(C)O)C2([2H])C=C3C=CC(=N3)C=c3ccc([nH]3)=CC3=NC(=CC1(C(C)CC(C)O)N2)C=C3. The van der Waals surface area contributed by atoms with Crippen LogP contribution in [0.3, 0.4) is 0 Å². The van der Waals surface area contributed by atoms with Crippen LogP contribution in [0, 0.1) is 11.8 Å². The van der Waals surface area contributed by atoms with Crippen LogP contribution in [0.15, 0.2) is 81.6 Å². The number of aromatic amines is 1. The zero-order valence-corrected chi connectivity index (χ0v) is 21.3. The van der Waals surface area contributed by atoms with E-state index in [1.165, 1.54) is 0 Å². The van der Waals surface area contributed by atoms with Crippen LogP contribution in [-0.4, -0.2) is 50.4 Å². The largest absolute Gasteiger partial charge is 0.393 e. The summed E-state index contributed by atoms with van der Waals surface area (Å²) in [7, 11) is 0. The second-order valence-electron chi connectivity index (χ2n) is 10.5. The highest BCUT2D eigenvalue weighted by molar-refractivity contribution is 6.20. The summed E-state index contributed by atoms with van der Waals surface area (Å²) < 4.78 is 19.2. The fourth-order valence-corrected chi connectivity index (χ4v) is 5.31. The maximum absolute atomic E-state index is 10.3. The molecular formula is C30H36N4O2. The highest BCUT2D eigenvalue weighted by Crippen LogP contribution is 2.39. The number of nitrogens with zero attached hydrogens (tertiary/aromatic N) is 2. The summed E-state index contributed by atoms with van der Waals surface area (Å²) in [6.07, 6.45) is 15.0. The second kappa shape index (κ2) is 9.77. The average molecular weight is 487 g/mol. The van der Waals surface area contributed by atoms with E-state index >= 15 is 0 Å². The predicted molar refractivity (Wildman–Crippen MR) is 147 cm³/mol. The lowest BCUT2D eigenvalue weighted by Gasteiger charge is -2.34. The Balaban J connectivity index is 1.77. The number of H-pyrrole nitrogens is 1. The molecule has 0 fully saturated rings. The summed E-state index contributed by atoms with van der Waals surface area (Å²) in [6.45, 7) is 7.43. The molecule has 0 aliphatic carbocycles. The fourth-order valence-electron chi connectivity index (χ4n) is 5.31. The van der Waals surface area contributed by atoms with Crippen LogP contribution in [0.5, 0.6) is 0 Å². The van der Waals surface area contributed by atoms with Gasteiger partial charge in [-0.1, -0.05) is 19.9 Å². The van der Waals surface area contributed by atoms with Gasteiger partial charge in [0.2, 0.25) is 0 Å². The summed E-state index contributed by atoms with van der Waals surface area (Å²) in [4.78, 5) is 12.9. The van der Waals surface area contributed by atoms with E-state index in [0.717, 1.165) is 22.1 Å². The number of hydrogen-bond acceptors (Lipinski definition) is 5. The van der Waals surface area contributed by atoms with E-state index in [0.29, 0.717) is 29.8 Å². The molecule has 0 aromatic carbocycles. The van der Waals surface area contributed by atoms with Gasteiger partial charge in [-0.2, -0.15) is 0 Å². The molecule has 4 N–H and O–H groups in total. The van der Waals surface area contributed by atoms with Crippen molar-refractivity contribution >= 4 is 23.6 Å². The molecule has 1 aromatic rings. The van der Waals surface area contributed by atoms with Crippen LogP contribution in [0.2, 0.25) is 0 Å². The Labute approximate surface area is 215 Å². The molecule has 1 aromatic heterocycles. The molecule has 0 saturated heterocycles. The molecule has 6 heteroatoms. The first kappa shape index (κ1) is 22.2. The maximum atomic E-state index is 10.3. The van der Waals surface area contributed by atoms with Gasteiger partial charge in [0.1, 0.15) is 0 Å². The Bertz CT molecular complexity index is 1470. The van der Waals surface area contributed by atoms with E-state index in [4.69, 9.17) is 9.98 Å². The van der Waals surface area contributed by atoms with Crippen molar-refractivity contribution in [3.8, 4) is 0 Å². The molecule has 6 atom stereocenters.